The number of nitrogens with one attached hydrogen (secondary N) is 1. The van der Waals surface area contributed by atoms with Gasteiger partial charge >= 0.3 is 0 Å². The molecule has 0 saturated carbocycles. The van der Waals surface area contributed by atoms with Crippen LogP contribution in [0.2, 0.25) is 0 Å². The van der Waals surface area contributed by atoms with Gasteiger partial charge in [0.25, 0.3) is 0 Å². The van der Waals surface area contributed by atoms with E-state index in [0.29, 0.717) is 5.11 Å². The van der Waals surface area contributed by atoms with E-state index in [4.69, 9.17) is 12.2 Å². The summed E-state index contributed by atoms with van der Waals surface area (Å²) in [6.07, 6.45) is 0. The fourth-order valence-corrected chi connectivity index (χ4v) is 4.83. The van der Waals surface area contributed by atoms with Crippen LogP contribution >= 0.6 is 12.2 Å². The average molecular weight is 287 g/mol. The maximum absolute atomic E-state index is 12.9. The molecule has 1 aromatic rings. The predicted octanol–water partition coefficient (Wildman–Crippen LogP) is 1.24. The Morgan fingerprint density at radius 1 is 1.39 bits per heavy atom. The zero-order chi connectivity index (χ0) is 12.9. The van der Waals surface area contributed by atoms with Crippen molar-refractivity contribution < 1.29 is 13.2 Å². The van der Waals surface area contributed by atoms with Crippen LogP contribution in [0.1, 0.15) is 0 Å². The lowest BCUT2D eigenvalue weighted by atomic mass is 10.1. The predicted molar refractivity (Wildman–Crippen MR) is 72.6 cm³/mol. The molecule has 3 rings (SSSR count). The number of halogens is 1. The normalized spacial score (nSPS) is 34.6. The molecule has 0 amide bonds. The van der Waals surface area contributed by atoms with E-state index >= 15 is 0 Å². The lowest BCUT2D eigenvalue weighted by Crippen LogP contribution is -2.37. The van der Waals surface area contributed by atoms with Crippen molar-refractivity contribution in [3.63, 3.8) is 0 Å². The summed E-state index contributed by atoms with van der Waals surface area (Å²) >= 11 is 5.23. The Morgan fingerprint density at radius 2 is 2.06 bits per heavy atom. The summed E-state index contributed by atoms with van der Waals surface area (Å²) in [5.74, 6) is 0.100. The molecule has 2 N–H and O–H groups in total. The number of rotatable bonds is 1. The molecule has 1 unspecified atom stereocenters. The molecule has 2 aliphatic heterocycles. The van der Waals surface area contributed by atoms with Gasteiger partial charge in [0.15, 0.2) is 16.6 Å². The Balaban J connectivity index is 1.94. The van der Waals surface area contributed by atoms with Crippen molar-refractivity contribution in [2.24, 2.45) is 0 Å². The third-order valence-corrected chi connectivity index (χ3v) is 5.36. The molecule has 2 fully saturated rings. The van der Waals surface area contributed by atoms with Gasteiger partial charge in [0.05, 0.1) is 0 Å². The van der Waals surface area contributed by atoms with Crippen LogP contribution < -0.4 is 10.2 Å². The molecule has 2 aliphatic rings. The van der Waals surface area contributed by atoms with Gasteiger partial charge in [-0.2, -0.15) is 4.55 Å². The van der Waals surface area contributed by atoms with E-state index in [2.05, 4.69) is 5.32 Å². The molecule has 3 atom stereocenters. The number of thiocarbonyl (C=S) groups is 1. The van der Waals surface area contributed by atoms with Crippen molar-refractivity contribution in [1.29, 1.82) is 0 Å². The first-order valence-corrected chi connectivity index (χ1v) is 7.80. The van der Waals surface area contributed by atoms with Crippen molar-refractivity contribution in [1.82, 2.24) is 5.32 Å². The third kappa shape index (κ3) is 1.92. The highest BCUT2D eigenvalue weighted by Gasteiger charge is 2.54. The van der Waals surface area contributed by atoms with E-state index < -0.39 is 10.2 Å². The number of hydrogen-bond acceptors (Lipinski definition) is 2. The SMILES string of the molecule is O=[S+]1(O)C[C@@H]2NC(=S)N(c3ccc(F)cc3)[C@H]2C1. The van der Waals surface area contributed by atoms with E-state index in [1.807, 2.05) is 4.90 Å². The van der Waals surface area contributed by atoms with Crippen LogP contribution in [0, 0.1) is 5.82 Å². The van der Waals surface area contributed by atoms with Gasteiger partial charge in [-0.25, -0.2) is 4.39 Å². The number of fused-ring (bicyclic) bond motifs is 1. The van der Waals surface area contributed by atoms with Crippen LogP contribution in [0.25, 0.3) is 0 Å². The fraction of sp³-hybridized carbons (Fsp3) is 0.364. The van der Waals surface area contributed by atoms with Crippen molar-refractivity contribution >= 4 is 33.2 Å². The second-order valence-corrected chi connectivity index (χ2v) is 7.17. The molecule has 0 spiro atoms. The van der Waals surface area contributed by atoms with Gasteiger partial charge in [0.2, 0.25) is 10.2 Å². The third-order valence-electron chi connectivity index (χ3n) is 3.30. The molecule has 2 saturated heterocycles. The summed E-state index contributed by atoms with van der Waals surface area (Å²) < 4.78 is 34.3. The van der Waals surface area contributed by atoms with Crippen LogP contribution in [0.4, 0.5) is 10.1 Å². The Morgan fingerprint density at radius 3 is 2.72 bits per heavy atom. The first kappa shape index (κ1) is 12.0. The van der Waals surface area contributed by atoms with Crippen LogP contribution in [0.5, 0.6) is 0 Å². The topological polar surface area (TPSA) is 52.6 Å². The Bertz CT molecular complexity index is 548. The van der Waals surface area contributed by atoms with Gasteiger partial charge in [-0.3, -0.25) is 0 Å². The van der Waals surface area contributed by atoms with Crippen LogP contribution in [0.3, 0.4) is 0 Å². The minimum atomic E-state index is -2.77. The monoisotopic (exact) mass is 287 g/mol. The zero-order valence-corrected chi connectivity index (χ0v) is 11.0. The maximum atomic E-state index is 12.9. The van der Waals surface area contributed by atoms with Gasteiger partial charge in [-0.15, -0.1) is 0 Å². The molecular weight excluding hydrogens is 275 g/mol. The molecule has 2 heterocycles. The molecule has 96 valence electrons. The molecule has 1 aromatic carbocycles. The summed E-state index contributed by atoms with van der Waals surface area (Å²) in [7, 11) is -2.77. The van der Waals surface area contributed by atoms with Crippen molar-refractivity contribution in [3.05, 3.63) is 30.1 Å². The Labute approximate surface area is 110 Å². The molecular formula is C11H12FN2O2S2+. The number of hydrogen-bond donors (Lipinski definition) is 2. The number of anilines is 1. The van der Waals surface area contributed by atoms with E-state index in [9.17, 15) is 13.2 Å². The summed E-state index contributed by atoms with van der Waals surface area (Å²) in [5.41, 5.74) is 0.749. The maximum Gasteiger partial charge on any atom is 0.218 e. The molecule has 4 nitrogen and oxygen atoms in total. The lowest BCUT2D eigenvalue weighted by Gasteiger charge is -2.21. The van der Waals surface area contributed by atoms with Crippen molar-refractivity contribution in [2.75, 3.05) is 16.4 Å². The van der Waals surface area contributed by atoms with Gasteiger partial charge in [-0.1, -0.05) is 4.21 Å². The second kappa shape index (κ2) is 3.97. The number of benzene rings is 1. The van der Waals surface area contributed by atoms with Gasteiger partial charge in [0, 0.05) is 5.69 Å². The van der Waals surface area contributed by atoms with Gasteiger partial charge in [-0.05, 0) is 36.5 Å². The highest BCUT2D eigenvalue weighted by molar-refractivity contribution is 7.98. The quantitative estimate of drug-likeness (QED) is 0.601. The van der Waals surface area contributed by atoms with E-state index in [1.54, 1.807) is 12.1 Å². The fourth-order valence-electron chi connectivity index (χ4n) is 2.52. The summed E-state index contributed by atoms with van der Waals surface area (Å²) in [5, 5.41) is 3.59. The summed E-state index contributed by atoms with van der Waals surface area (Å²) in [4.78, 5) is 1.81. The molecule has 7 heteroatoms. The molecule has 0 bridgehead atoms. The van der Waals surface area contributed by atoms with Crippen molar-refractivity contribution in [2.45, 2.75) is 12.1 Å². The zero-order valence-electron chi connectivity index (χ0n) is 9.38. The lowest BCUT2D eigenvalue weighted by molar-refractivity contribution is 0.502. The molecule has 0 radical (unpaired) electrons. The first-order chi connectivity index (χ1) is 8.46. The van der Waals surface area contributed by atoms with Crippen LogP contribution in [-0.4, -0.2) is 33.3 Å². The number of nitrogens with zero attached hydrogens (tertiary/aromatic N) is 1. The van der Waals surface area contributed by atoms with E-state index in [1.165, 1.54) is 12.1 Å². The second-order valence-electron chi connectivity index (χ2n) is 4.58. The highest BCUT2D eigenvalue weighted by Crippen LogP contribution is 2.31. The molecule has 0 aliphatic carbocycles. The van der Waals surface area contributed by atoms with Gasteiger partial charge in [0.1, 0.15) is 17.9 Å². The van der Waals surface area contributed by atoms with Crippen LogP contribution in [0.15, 0.2) is 24.3 Å². The largest absolute Gasteiger partial charge is 0.352 e. The minimum absolute atomic E-state index is 0.0972. The van der Waals surface area contributed by atoms with Crippen LogP contribution in [-0.2, 0) is 14.4 Å². The smallest absolute Gasteiger partial charge is 0.218 e. The minimum Gasteiger partial charge on any atom is -0.352 e. The van der Waals surface area contributed by atoms with Crippen molar-refractivity contribution in [3.8, 4) is 0 Å². The molecule has 18 heavy (non-hydrogen) atoms. The van der Waals surface area contributed by atoms with E-state index in [0.717, 1.165) is 5.69 Å². The standard InChI is InChI=1S/C11H11FN2O2S2/c12-7-1-3-8(4-2-7)14-10-6-18(15,16)5-9(10)13-11(14)17/h1-4,9-10H,5-6H2,(H-,13,15,16,17)/p+1/t9-,10-/m0/s1. The van der Waals surface area contributed by atoms with Gasteiger partial charge < -0.3 is 10.2 Å². The summed E-state index contributed by atoms with van der Waals surface area (Å²) in [6, 6.07) is 5.75. The Kier molecular flexibility index (Phi) is 2.65. The first-order valence-electron chi connectivity index (χ1n) is 5.53. The summed E-state index contributed by atoms with van der Waals surface area (Å²) in [6.45, 7) is 0. The Hall–Kier alpha value is -1.05. The average Bonchev–Trinajstić information content (AvgIpc) is 2.70. The highest BCUT2D eigenvalue weighted by atomic mass is 32.3. The van der Waals surface area contributed by atoms with E-state index in [-0.39, 0.29) is 29.4 Å². The molecule has 0 aromatic heterocycles.